The Morgan fingerprint density at radius 2 is 1.59 bits per heavy atom. The van der Waals surface area contributed by atoms with Gasteiger partial charge in [0.15, 0.2) is 10.1 Å². The van der Waals surface area contributed by atoms with Crippen molar-refractivity contribution in [2.75, 3.05) is 25.7 Å². The summed E-state index contributed by atoms with van der Waals surface area (Å²) in [6, 6.07) is 0. The molecule has 0 unspecified atom stereocenters. The van der Waals surface area contributed by atoms with Gasteiger partial charge in [0.2, 0.25) is 0 Å². The van der Waals surface area contributed by atoms with E-state index in [9.17, 15) is 17.7 Å². The minimum Gasteiger partial charge on any atom is -0.741 e. The van der Waals surface area contributed by atoms with Crippen molar-refractivity contribution in [3.05, 3.63) is 5.53 Å². The van der Waals surface area contributed by atoms with E-state index in [2.05, 4.69) is 4.79 Å². The zero-order chi connectivity index (χ0) is 18.2. The van der Waals surface area contributed by atoms with E-state index < -0.39 is 34.1 Å². The van der Waals surface area contributed by atoms with Crippen LogP contribution in [0.4, 0.5) is 13.2 Å². The van der Waals surface area contributed by atoms with Crippen molar-refractivity contribution >= 4 is 33.4 Å². The predicted molar refractivity (Wildman–Crippen MR) is 74.5 cm³/mol. The Morgan fingerprint density at radius 3 is 1.73 bits per heavy atom. The van der Waals surface area contributed by atoms with Crippen LogP contribution in [0.25, 0.3) is 5.53 Å². The first-order valence-electron chi connectivity index (χ1n) is 5.48. The Labute approximate surface area is 129 Å². The van der Waals surface area contributed by atoms with Gasteiger partial charge < -0.3 is 10.1 Å². The molecule has 22 heavy (non-hydrogen) atoms. The molecule has 0 fully saturated rings. The normalized spacial score (nSPS) is 12.4. The summed E-state index contributed by atoms with van der Waals surface area (Å²) >= 11 is 0. The van der Waals surface area contributed by atoms with Crippen LogP contribution in [0.15, 0.2) is 0 Å². The zero-order valence-electron chi connectivity index (χ0n) is 12.2. The summed E-state index contributed by atoms with van der Waals surface area (Å²) in [6.07, 6.45) is 3.58. The summed E-state index contributed by atoms with van der Waals surface area (Å²) in [4.78, 5) is 3.11. The number of halogens is 3. The van der Waals surface area contributed by atoms with E-state index in [0.717, 1.165) is 0 Å². The van der Waals surface area contributed by atoms with Crippen molar-refractivity contribution < 1.29 is 44.5 Å². The van der Waals surface area contributed by atoms with E-state index in [-0.39, 0.29) is 18.0 Å². The minimum absolute atomic E-state index is 0.0983. The fraction of sp³-hybridized carbons (Fsp3) is 0.875. The first kappa shape index (κ1) is 23.8. The van der Waals surface area contributed by atoms with Gasteiger partial charge in [0.1, 0.15) is 23.4 Å². The van der Waals surface area contributed by atoms with Crippen molar-refractivity contribution in [2.45, 2.75) is 19.4 Å². The van der Waals surface area contributed by atoms with Crippen LogP contribution in [0.5, 0.6) is 0 Å². The van der Waals surface area contributed by atoms with Crippen LogP contribution in [-0.4, -0.2) is 53.8 Å². The third-order valence-electron chi connectivity index (χ3n) is 1.57. The van der Waals surface area contributed by atoms with E-state index in [4.69, 9.17) is 27.5 Å². The molecule has 0 atom stereocenters. The third kappa shape index (κ3) is 8.28. The predicted octanol–water partition coefficient (Wildman–Crippen LogP) is 1.77. The highest BCUT2D eigenvalue weighted by Crippen LogP contribution is 2.50. The summed E-state index contributed by atoms with van der Waals surface area (Å²) in [6.45, 7) is 3.94. The summed E-state index contributed by atoms with van der Waals surface area (Å²) in [7, 11) is -9.90. The molecule has 14 heteroatoms. The first-order chi connectivity index (χ1) is 9.76. The lowest BCUT2D eigenvalue weighted by molar-refractivity contribution is -0.0517. The van der Waals surface area contributed by atoms with Crippen molar-refractivity contribution in [3.63, 3.8) is 0 Å². The van der Waals surface area contributed by atoms with E-state index in [0.29, 0.717) is 0 Å². The average Bonchev–Trinajstić information content (AvgIpc) is 2.27. The lowest BCUT2D eigenvalue weighted by atomic mass is 10.9. The Hall–Kier alpha value is -0.420. The Morgan fingerprint density at radius 1 is 1.27 bits per heavy atom. The third-order valence-corrected chi connectivity index (χ3v) is 6.47. The van der Waals surface area contributed by atoms with Crippen LogP contribution < -0.4 is 0 Å². The molecule has 0 aliphatic carbocycles. The molecule has 0 bridgehead atoms. The molecule has 0 heterocycles. The number of alkyl halides is 3. The molecule has 0 N–H and O–H groups in total. The summed E-state index contributed by atoms with van der Waals surface area (Å²) in [5.41, 5.74) is 3.10. The quantitative estimate of drug-likeness (QED) is 0.103. The van der Waals surface area contributed by atoms with Gasteiger partial charge in [-0.1, -0.05) is 0 Å². The Balaban J connectivity index is 0. The summed E-state index contributed by atoms with van der Waals surface area (Å²) < 4.78 is 81.0. The van der Waals surface area contributed by atoms with Crippen molar-refractivity contribution in [2.24, 2.45) is 0 Å². The molecule has 0 aromatic heterocycles. The highest BCUT2D eigenvalue weighted by atomic mass is 32.2. The lowest BCUT2D eigenvalue weighted by Gasteiger charge is -2.09. The summed E-state index contributed by atoms with van der Waals surface area (Å²) in [5, 5.41) is 0. The monoisotopic (exact) mass is 388 g/mol. The van der Waals surface area contributed by atoms with Crippen molar-refractivity contribution in [1.82, 2.24) is 0 Å². The highest BCUT2D eigenvalue weighted by Gasteiger charge is 2.50. The minimum atomic E-state index is -6.09. The maximum Gasteiger partial charge on any atom is 0.567 e. The van der Waals surface area contributed by atoms with E-state index in [1.165, 1.54) is 0 Å². The van der Waals surface area contributed by atoms with Gasteiger partial charge in [0, 0.05) is 0 Å². The molecule has 0 amide bonds. The molecule has 0 aliphatic rings. The molecular formula is C8H16F3N2O6PS2. The zero-order valence-corrected chi connectivity index (χ0v) is 14.7. The Bertz CT molecular complexity index is 535. The van der Waals surface area contributed by atoms with Crippen LogP contribution >= 0.6 is 7.60 Å². The molecule has 0 aliphatic heterocycles. The van der Waals surface area contributed by atoms with Gasteiger partial charge in [0.25, 0.3) is 0 Å². The maximum atomic E-state index is 12.1. The van der Waals surface area contributed by atoms with Crippen molar-refractivity contribution in [3.8, 4) is 0 Å². The molecule has 0 saturated heterocycles. The second-order valence-electron chi connectivity index (χ2n) is 3.43. The standard InChI is InChI=1S/C7H16N2O3PS.CHF3O3S/c1-5-11-13(10,12-6-2)7(9-8)14(3)4;2-1(3,4)8(5,6)7/h5-6H2,1-4H3;(H,5,6,7)/q+1;/p-1. The summed E-state index contributed by atoms with van der Waals surface area (Å²) in [5.74, 6) is 0. The SMILES string of the molecule is CCOP(=O)(OCC)C(=[N+]=[N-])[S+](C)C.O=S(=O)([O-])C(F)(F)F. The lowest BCUT2D eigenvalue weighted by Crippen LogP contribution is -2.21. The van der Waals surface area contributed by atoms with Crippen LogP contribution in [0.1, 0.15) is 13.8 Å². The maximum absolute atomic E-state index is 12.1. The van der Waals surface area contributed by atoms with E-state index in [1.54, 1.807) is 26.4 Å². The number of rotatable bonds is 5. The fourth-order valence-electron chi connectivity index (χ4n) is 0.848. The van der Waals surface area contributed by atoms with Gasteiger partial charge in [0.05, 0.1) is 13.2 Å². The molecule has 0 aromatic rings. The highest BCUT2D eigenvalue weighted by molar-refractivity contribution is 8.21. The first-order valence-corrected chi connectivity index (χ1v) is 10.5. The molecule has 0 saturated carbocycles. The molecule has 0 radical (unpaired) electrons. The fourth-order valence-corrected chi connectivity index (χ4v) is 4.20. The van der Waals surface area contributed by atoms with Gasteiger partial charge in [-0.25, -0.2) is 13.0 Å². The molecular weight excluding hydrogens is 372 g/mol. The van der Waals surface area contributed by atoms with E-state index >= 15 is 0 Å². The second kappa shape index (κ2) is 9.66. The Kier molecular flexibility index (Phi) is 10.5. The van der Waals surface area contributed by atoms with E-state index in [1.807, 2.05) is 0 Å². The van der Waals surface area contributed by atoms with Crippen LogP contribution in [0, 0.1) is 0 Å². The van der Waals surface area contributed by atoms with Gasteiger partial charge in [-0.2, -0.15) is 13.2 Å². The molecule has 132 valence electrons. The second-order valence-corrected chi connectivity index (χ2v) is 9.06. The number of hydrogen-bond acceptors (Lipinski definition) is 6. The molecule has 8 nitrogen and oxygen atoms in total. The van der Waals surface area contributed by atoms with Crippen LogP contribution in [0.2, 0.25) is 0 Å². The molecule has 0 rings (SSSR count). The average molecular weight is 388 g/mol. The molecule has 0 aromatic carbocycles. The number of hydrogen-bond donors (Lipinski definition) is 0. The van der Waals surface area contributed by atoms with Crippen LogP contribution in [0.3, 0.4) is 0 Å². The van der Waals surface area contributed by atoms with Gasteiger partial charge in [-0.3, -0.25) is 9.05 Å². The topological polar surface area (TPSA) is 129 Å². The van der Waals surface area contributed by atoms with Gasteiger partial charge >= 0.3 is 17.9 Å². The van der Waals surface area contributed by atoms with Crippen molar-refractivity contribution in [1.29, 1.82) is 0 Å². The van der Waals surface area contributed by atoms with Gasteiger partial charge in [-0.15, -0.1) is 4.79 Å². The van der Waals surface area contributed by atoms with Crippen LogP contribution in [-0.2, 0) is 34.6 Å². The number of nitrogens with zero attached hydrogens (tertiary/aromatic N) is 2. The molecule has 0 spiro atoms. The largest absolute Gasteiger partial charge is 0.741 e. The van der Waals surface area contributed by atoms with Gasteiger partial charge in [-0.05, 0) is 13.8 Å². The smallest absolute Gasteiger partial charge is 0.567 e.